The van der Waals surface area contributed by atoms with Crippen molar-refractivity contribution in [3.8, 4) is 17.6 Å². The van der Waals surface area contributed by atoms with Crippen molar-refractivity contribution < 1.29 is 19.1 Å². The van der Waals surface area contributed by atoms with Crippen molar-refractivity contribution in [3.05, 3.63) is 23.8 Å². The highest BCUT2D eigenvalue weighted by atomic mass is 16.5. The van der Waals surface area contributed by atoms with E-state index in [9.17, 15) is 9.59 Å². The number of hydrogen-bond donors (Lipinski definition) is 1. The van der Waals surface area contributed by atoms with Crippen molar-refractivity contribution in [1.82, 2.24) is 10.2 Å². The van der Waals surface area contributed by atoms with Gasteiger partial charge in [0.2, 0.25) is 5.91 Å². The second-order valence-electron chi connectivity index (χ2n) is 4.98. The molecule has 1 saturated heterocycles. The van der Waals surface area contributed by atoms with Crippen LogP contribution in [-0.4, -0.2) is 49.6 Å². The lowest BCUT2D eigenvalue weighted by Crippen LogP contribution is -2.37. The number of amides is 2. The number of nitrogens with one attached hydrogen (secondary N) is 1. The number of nitriles is 1. The fourth-order valence-electron chi connectivity index (χ4n) is 2.21. The number of hydrogen-bond acceptors (Lipinski definition) is 5. The number of carbonyl (C=O) groups is 2. The van der Waals surface area contributed by atoms with E-state index in [-0.39, 0.29) is 18.4 Å². The Hall–Kier alpha value is -2.75. The van der Waals surface area contributed by atoms with Gasteiger partial charge in [0.1, 0.15) is 0 Å². The van der Waals surface area contributed by atoms with Crippen molar-refractivity contribution >= 4 is 11.8 Å². The van der Waals surface area contributed by atoms with Gasteiger partial charge in [0, 0.05) is 32.1 Å². The SMILES string of the molecule is CCOc1cc(C#N)ccc1OCC(=O)N1CCNC(=O)CC1. The minimum absolute atomic E-state index is 0.0491. The van der Waals surface area contributed by atoms with Crippen molar-refractivity contribution in [2.45, 2.75) is 13.3 Å². The molecule has 1 heterocycles. The van der Waals surface area contributed by atoms with Crippen LogP contribution in [0.15, 0.2) is 18.2 Å². The molecule has 1 N–H and O–H groups in total. The Morgan fingerprint density at radius 2 is 2.17 bits per heavy atom. The number of ether oxygens (including phenoxy) is 2. The molecule has 2 amide bonds. The first-order chi connectivity index (χ1) is 11.1. The summed E-state index contributed by atoms with van der Waals surface area (Å²) < 4.78 is 11.0. The highest BCUT2D eigenvalue weighted by Gasteiger charge is 2.19. The van der Waals surface area contributed by atoms with Crippen LogP contribution in [0.3, 0.4) is 0 Å². The summed E-state index contributed by atoms with van der Waals surface area (Å²) in [6, 6.07) is 6.84. The number of rotatable bonds is 5. The van der Waals surface area contributed by atoms with Crippen molar-refractivity contribution in [2.24, 2.45) is 0 Å². The molecule has 0 aromatic heterocycles. The summed E-state index contributed by atoms with van der Waals surface area (Å²) in [5.74, 6) is 0.621. The highest BCUT2D eigenvalue weighted by Crippen LogP contribution is 2.28. The van der Waals surface area contributed by atoms with Crippen LogP contribution in [0.2, 0.25) is 0 Å². The topological polar surface area (TPSA) is 91.7 Å². The second kappa shape index (κ2) is 8.03. The Labute approximate surface area is 134 Å². The molecule has 0 bridgehead atoms. The van der Waals surface area contributed by atoms with E-state index in [1.165, 1.54) is 0 Å². The summed E-state index contributed by atoms with van der Waals surface area (Å²) in [4.78, 5) is 25.1. The van der Waals surface area contributed by atoms with Crippen molar-refractivity contribution in [3.63, 3.8) is 0 Å². The predicted molar refractivity (Wildman–Crippen MR) is 82.0 cm³/mol. The van der Waals surface area contributed by atoms with E-state index >= 15 is 0 Å². The molecule has 0 radical (unpaired) electrons. The van der Waals surface area contributed by atoms with Gasteiger partial charge < -0.3 is 19.7 Å². The maximum Gasteiger partial charge on any atom is 0.260 e. The third-order valence-electron chi connectivity index (χ3n) is 3.39. The molecule has 0 unspecified atom stereocenters. The Bertz CT molecular complexity index is 624. The summed E-state index contributed by atoms with van der Waals surface area (Å²) in [5.41, 5.74) is 0.462. The molecular formula is C16H19N3O4. The molecule has 0 aliphatic carbocycles. The van der Waals surface area contributed by atoms with Gasteiger partial charge in [-0.3, -0.25) is 9.59 Å². The van der Waals surface area contributed by atoms with E-state index in [2.05, 4.69) is 5.32 Å². The molecule has 0 atom stereocenters. The summed E-state index contributed by atoms with van der Waals surface area (Å²) in [7, 11) is 0. The quantitative estimate of drug-likeness (QED) is 0.862. The summed E-state index contributed by atoms with van der Waals surface area (Å²) >= 11 is 0. The lowest BCUT2D eigenvalue weighted by molar-refractivity contribution is -0.133. The van der Waals surface area contributed by atoms with Gasteiger partial charge in [-0.15, -0.1) is 0 Å². The summed E-state index contributed by atoms with van der Waals surface area (Å²) in [5, 5.41) is 11.6. The monoisotopic (exact) mass is 317 g/mol. The molecule has 2 rings (SSSR count). The third-order valence-corrected chi connectivity index (χ3v) is 3.39. The zero-order chi connectivity index (χ0) is 16.7. The fourth-order valence-corrected chi connectivity index (χ4v) is 2.21. The maximum absolute atomic E-state index is 12.2. The minimum atomic E-state index is -0.187. The molecule has 1 aliphatic rings. The first-order valence-corrected chi connectivity index (χ1v) is 7.48. The largest absolute Gasteiger partial charge is 0.490 e. The van der Waals surface area contributed by atoms with Crippen molar-refractivity contribution in [1.29, 1.82) is 5.26 Å². The van der Waals surface area contributed by atoms with Crippen LogP contribution < -0.4 is 14.8 Å². The third kappa shape index (κ3) is 4.61. The molecule has 1 aromatic rings. The maximum atomic E-state index is 12.2. The molecule has 1 aliphatic heterocycles. The van der Waals surface area contributed by atoms with E-state index in [0.29, 0.717) is 49.7 Å². The molecule has 122 valence electrons. The van der Waals surface area contributed by atoms with E-state index in [1.807, 2.05) is 13.0 Å². The van der Waals surface area contributed by atoms with E-state index in [4.69, 9.17) is 14.7 Å². The lowest BCUT2D eigenvalue weighted by Gasteiger charge is -2.20. The second-order valence-corrected chi connectivity index (χ2v) is 4.98. The van der Waals surface area contributed by atoms with E-state index < -0.39 is 0 Å². The summed E-state index contributed by atoms with van der Waals surface area (Å²) in [6.07, 6.45) is 0.298. The van der Waals surface area contributed by atoms with Gasteiger partial charge in [-0.2, -0.15) is 5.26 Å². The molecule has 1 aromatic carbocycles. The van der Waals surface area contributed by atoms with Crippen LogP contribution in [0.25, 0.3) is 0 Å². The molecular weight excluding hydrogens is 298 g/mol. The number of nitrogens with zero attached hydrogens (tertiary/aromatic N) is 2. The van der Waals surface area contributed by atoms with Gasteiger partial charge in [0.15, 0.2) is 18.1 Å². The first kappa shape index (κ1) is 16.6. The standard InChI is InChI=1S/C16H19N3O4/c1-2-22-14-9-12(10-17)3-4-13(14)23-11-16(21)19-7-5-15(20)18-6-8-19/h3-4,9H,2,5-8,11H2,1H3,(H,18,20). The van der Waals surface area contributed by atoms with Crippen molar-refractivity contribution in [2.75, 3.05) is 32.8 Å². The highest BCUT2D eigenvalue weighted by molar-refractivity contribution is 5.81. The first-order valence-electron chi connectivity index (χ1n) is 7.48. The summed E-state index contributed by atoms with van der Waals surface area (Å²) in [6.45, 7) is 3.43. The van der Waals surface area contributed by atoms with Gasteiger partial charge in [-0.1, -0.05) is 0 Å². The van der Waals surface area contributed by atoms with Crippen LogP contribution in [0, 0.1) is 11.3 Å². The Balaban J connectivity index is 1.98. The van der Waals surface area contributed by atoms with Gasteiger partial charge in [0.25, 0.3) is 5.91 Å². The molecule has 1 fully saturated rings. The van der Waals surface area contributed by atoms with Gasteiger partial charge in [0.05, 0.1) is 18.2 Å². The average Bonchev–Trinajstić information content (AvgIpc) is 2.78. The van der Waals surface area contributed by atoms with Crippen LogP contribution in [0.4, 0.5) is 0 Å². The number of benzene rings is 1. The Morgan fingerprint density at radius 3 is 2.91 bits per heavy atom. The molecule has 7 heteroatoms. The van der Waals surface area contributed by atoms with Gasteiger partial charge in [-0.25, -0.2) is 0 Å². The Kier molecular flexibility index (Phi) is 5.80. The zero-order valence-electron chi connectivity index (χ0n) is 13.0. The Morgan fingerprint density at radius 1 is 1.35 bits per heavy atom. The van der Waals surface area contributed by atoms with Crippen LogP contribution in [0.1, 0.15) is 18.9 Å². The molecule has 0 saturated carbocycles. The van der Waals surface area contributed by atoms with Crippen LogP contribution in [-0.2, 0) is 9.59 Å². The molecule has 0 spiro atoms. The van der Waals surface area contributed by atoms with E-state index in [0.717, 1.165) is 0 Å². The number of carbonyl (C=O) groups excluding carboxylic acids is 2. The lowest BCUT2D eigenvalue weighted by atomic mass is 10.2. The van der Waals surface area contributed by atoms with Gasteiger partial charge >= 0.3 is 0 Å². The molecule has 23 heavy (non-hydrogen) atoms. The smallest absolute Gasteiger partial charge is 0.260 e. The zero-order valence-corrected chi connectivity index (χ0v) is 13.0. The minimum Gasteiger partial charge on any atom is -0.490 e. The molecule has 7 nitrogen and oxygen atoms in total. The predicted octanol–water partition coefficient (Wildman–Crippen LogP) is 0.684. The van der Waals surface area contributed by atoms with Crippen LogP contribution >= 0.6 is 0 Å². The van der Waals surface area contributed by atoms with Gasteiger partial charge in [-0.05, 0) is 19.1 Å². The van der Waals surface area contributed by atoms with E-state index in [1.54, 1.807) is 23.1 Å². The van der Waals surface area contributed by atoms with Crippen LogP contribution in [0.5, 0.6) is 11.5 Å². The fraction of sp³-hybridized carbons (Fsp3) is 0.438. The average molecular weight is 317 g/mol. The normalized spacial score (nSPS) is 14.4.